The van der Waals surface area contributed by atoms with Gasteiger partial charge in [-0.2, -0.15) is 0 Å². The molecule has 1 unspecified atom stereocenters. The second-order valence-electron chi connectivity index (χ2n) is 12.0. The van der Waals surface area contributed by atoms with Crippen LogP contribution in [0.3, 0.4) is 0 Å². The first-order valence-electron chi connectivity index (χ1n) is 15.5. The Hall–Kier alpha value is -5.80. The van der Waals surface area contributed by atoms with Crippen molar-refractivity contribution in [1.29, 1.82) is 0 Å². The van der Waals surface area contributed by atoms with E-state index in [1.807, 2.05) is 18.2 Å². The van der Waals surface area contributed by atoms with Crippen LogP contribution in [0, 0.1) is 0 Å². The van der Waals surface area contributed by atoms with E-state index in [4.69, 9.17) is 8.83 Å². The molecule has 1 aliphatic rings. The topological polar surface area (TPSA) is 31.2 Å². The van der Waals surface area contributed by atoms with Crippen molar-refractivity contribution in [3.05, 3.63) is 157 Å². The molecule has 3 aromatic heterocycles. The van der Waals surface area contributed by atoms with Crippen LogP contribution in [0.1, 0.15) is 23.5 Å². The first-order chi connectivity index (χ1) is 22.3. The zero-order chi connectivity index (χ0) is 29.5. The summed E-state index contributed by atoms with van der Waals surface area (Å²) in [5, 5.41) is 7.18. The lowest BCUT2D eigenvalue weighted by atomic mass is 9.87. The first-order valence-corrected chi connectivity index (χ1v) is 15.5. The van der Waals surface area contributed by atoms with E-state index in [1.165, 1.54) is 54.7 Å². The van der Waals surface area contributed by atoms with Gasteiger partial charge in [0.2, 0.25) is 0 Å². The van der Waals surface area contributed by atoms with Crippen LogP contribution >= 0.6 is 0 Å². The Labute approximate surface area is 258 Å². The van der Waals surface area contributed by atoms with Gasteiger partial charge in [-0.05, 0) is 77.7 Å². The first kappa shape index (κ1) is 24.6. The fourth-order valence-electron chi connectivity index (χ4n) is 7.41. The van der Waals surface area contributed by atoms with Gasteiger partial charge in [0.05, 0.1) is 11.0 Å². The molecule has 0 radical (unpaired) electrons. The summed E-state index contributed by atoms with van der Waals surface area (Å²) >= 11 is 0. The van der Waals surface area contributed by atoms with Crippen molar-refractivity contribution in [3.63, 3.8) is 0 Å². The predicted octanol–water partition coefficient (Wildman–Crippen LogP) is 11.7. The average molecular weight is 578 g/mol. The molecule has 0 spiro atoms. The average Bonchev–Trinajstić information content (AvgIpc) is 3.77. The van der Waals surface area contributed by atoms with Crippen LogP contribution in [0.5, 0.6) is 0 Å². The Morgan fingerprint density at radius 2 is 1.22 bits per heavy atom. The second-order valence-corrected chi connectivity index (χ2v) is 12.0. The van der Waals surface area contributed by atoms with E-state index >= 15 is 0 Å². The molecule has 0 bridgehead atoms. The molecule has 1 aliphatic carbocycles. The number of para-hydroxylation sites is 3. The molecule has 0 N–H and O–H groups in total. The Balaban J connectivity index is 1.01. The van der Waals surface area contributed by atoms with Crippen molar-refractivity contribution >= 4 is 71.3 Å². The summed E-state index contributed by atoms with van der Waals surface area (Å²) in [6.07, 6.45) is 7.97. The lowest BCUT2D eigenvalue weighted by Gasteiger charge is -2.17. The van der Waals surface area contributed by atoms with Crippen LogP contribution in [-0.4, -0.2) is 4.57 Å². The van der Waals surface area contributed by atoms with Crippen molar-refractivity contribution in [3.8, 4) is 5.69 Å². The summed E-state index contributed by atoms with van der Waals surface area (Å²) in [6.45, 7) is 0. The highest BCUT2D eigenvalue weighted by Gasteiger charge is 2.19. The normalized spacial score (nSPS) is 15.3. The number of hydrogen-bond donors (Lipinski definition) is 0. The Bertz CT molecular complexity index is 2680. The highest BCUT2D eigenvalue weighted by molar-refractivity contribution is 6.27. The molecule has 1 atom stereocenters. The molecule has 6 aromatic carbocycles. The van der Waals surface area contributed by atoms with Crippen molar-refractivity contribution in [2.75, 3.05) is 0 Å². The van der Waals surface area contributed by atoms with E-state index in [0.717, 1.165) is 39.8 Å². The molecule has 10 rings (SSSR count). The lowest BCUT2D eigenvalue weighted by Crippen LogP contribution is -1.99. The molecule has 45 heavy (non-hydrogen) atoms. The zero-order valence-electron chi connectivity index (χ0n) is 24.4. The number of hydrogen-bond acceptors (Lipinski definition) is 2. The molecule has 0 fully saturated rings. The van der Waals surface area contributed by atoms with Crippen LogP contribution in [0.2, 0.25) is 0 Å². The van der Waals surface area contributed by atoms with Gasteiger partial charge in [0.1, 0.15) is 22.3 Å². The molecular weight excluding hydrogens is 550 g/mol. The van der Waals surface area contributed by atoms with Gasteiger partial charge >= 0.3 is 0 Å². The minimum absolute atomic E-state index is 0.347. The molecule has 0 amide bonds. The van der Waals surface area contributed by atoms with Crippen molar-refractivity contribution in [1.82, 2.24) is 4.57 Å². The van der Waals surface area contributed by atoms with Gasteiger partial charge in [-0.3, -0.25) is 0 Å². The number of aromatic nitrogens is 1. The van der Waals surface area contributed by atoms with Gasteiger partial charge in [0.25, 0.3) is 0 Å². The molecular formula is C42H27NO2. The van der Waals surface area contributed by atoms with Gasteiger partial charge < -0.3 is 13.4 Å². The molecule has 9 aromatic rings. The second kappa shape index (κ2) is 9.35. The number of furan rings is 2. The van der Waals surface area contributed by atoms with Crippen LogP contribution in [0.25, 0.3) is 76.9 Å². The van der Waals surface area contributed by atoms with Gasteiger partial charge in [-0.25, -0.2) is 0 Å². The third kappa shape index (κ3) is 3.64. The number of nitrogens with zero attached hydrogens (tertiary/aromatic N) is 1. The Morgan fingerprint density at radius 1 is 0.533 bits per heavy atom. The van der Waals surface area contributed by atoms with E-state index in [0.29, 0.717) is 5.92 Å². The van der Waals surface area contributed by atoms with E-state index in [9.17, 15) is 0 Å². The van der Waals surface area contributed by atoms with Crippen LogP contribution < -0.4 is 0 Å². The van der Waals surface area contributed by atoms with Crippen molar-refractivity contribution < 1.29 is 8.83 Å². The molecule has 3 nitrogen and oxygen atoms in total. The maximum Gasteiger partial charge on any atom is 0.136 e. The minimum atomic E-state index is 0.347. The number of rotatable bonds is 3. The molecule has 0 saturated heterocycles. The zero-order valence-corrected chi connectivity index (χ0v) is 24.4. The smallest absolute Gasteiger partial charge is 0.136 e. The van der Waals surface area contributed by atoms with Crippen LogP contribution in [-0.2, 0) is 0 Å². The SMILES string of the molecule is C1=CC(c2ccc3oc4ccccc4c3c2)CC=C1c1ccc(-n2c3ccccc3c3c4c(ccc32)oc2ccccc24)cc1. The quantitative estimate of drug-likeness (QED) is 0.209. The molecule has 3 heterocycles. The number of benzene rings is 6. The summed E-state index contributed by atoms with van der Waals surface area (Å²) in [6, 6.07) is 45.2. The molecule has 3 heteroatoms. The van der Waals surface area contributed by atoms with Gasteiger partial charge in [0, 0.05) is 43.9 Å². The monoisotopic (exact) mass is 577 g/mol. The summed E-state index contributed by atoms with van der Waals surface area (Å²) in [5.74, 6) is 0.347. The van der Waals surface area contributed by atoms with Gasteiger partial charge in [-0.1, -0.05) is 91.0 Å². The highest BCUT2D eigenvalue weighted by Crippen LogP contribution is 2.41. The third-order valence-electron chi connectivity index (χ3n) is 9.56. The van der Waals surface area contributed by atoms with Gasteiger partial charge in [0.15, 0.2) is 0 Å². The minimum Gasteiger partial charge on any atom is -0.456 e. The molecule has 212 valence electrons. The van der Waals surface area contributed by atoms with Crippen LogP contribution in [0.15, 0.2) is 154 Å². The van der Waals surface area contributed by atoms with Crippen molar-refractivity contribution in [2.24, 2.45) is 0 Å². The highest BCUT2D eigenvalue weighted by atomic mass is 16.3. The van der Waals surface area contributed by atoms with Crippen molar-refractivity contribution in [2.45, 2.75) is 12.3 Å². The summed E-state index contributed by atoms with van der Waals surface area (Å²) < 4.78 is 14.7. The summed E-state index contributed by atoms with van der Waals surface area (Å²) in [7, 11) is 0. The lowest BCUT2D eigenvalue weighted by molar-refractivity contribution is 0.668. The maximum absolute atomic E-state index is 6.25. The maximum atomic E-state index is 6.25. The number of allylic oxidation sites excluding steroid dienone is 4. The fourth-order valence-corrected chi connectivity index (χ4v) is 7.41. The van der Waals surface area contributed by atoms with E-state index in [-0.39, 0.29) is 0 Å². The Kier molecular flexibility index (Phi) is 5.11. The molecule has 0 saturated carbocycles. The van der Waals surface area contributed by atoms with E-state index < -0.39 is 0 Å². The van der Waals surface area contributed by atoms with E-state index in [1.54, 1.807) is 0 Å². The Morgan fingerprint density at radius 3 is 2.04 bits per heavy atom. The largest absolute Gasteiger partial charge is 0.456 e. The summed E-state index contributed by atoms with van der Waals surface area (Å²) in [5.41, 5.74) is 11.1. The number of fused-ring (bicyclic) bond motifs is 10. The third-order valence-corrected chi connectivity index (χ3v) is 9.56. The van der Waals surface area contributed by atoms with E-state index in [2.05, 4.69) is 132 Å². The summed E-state index contributed by atoms with van der Waals surface area (Å²) in [4.78, 5) is 0. The standard InChI is InChI=1S/C42H27NO2/c1-4-10-35-32(8-1)41-36(22-24-40-42(41)33-9-3-6-12-38(33)45-40)43(35)30-20-17-27(18-21-30)26-13-15-28(16-14-26)29-19-23-39-34(25-29)31-7-2-5-11-37(31)44-39/h1-15,17-25,28H,16H2. The van der Waals surface area contributed by atoms with Crippen LogP contribution in [0.4, 0.5) is 0 Å². The predicted molar refractivity (Wildman–Crippen MR) is 186 cm³/mol. The van der Waals surface area contributed by atoms with Gasteiger partial charge in [-0.15, -0.1) is 0 Å². The molecule has 0 aliphatic heterocycles. The fraction of sp³-hybridized carbons (Fsp3) is 0.0476.